The van der Waals surface area contributed by atoms with Gasteiger partial charge in [-0.2, -0.15) is 5.10 Å². The van der Waals surface area contributed by atoms with Gasteiger partial charge in [0, 0.05) is 23.4 Å². The van der Waals surface area contributed by atoms with Crippen molar-refractivity contribution < 1.29 is 4.79 Å². The molecule has 1 fully saturated rings. The maximum Gasteiger partial charge on any atom is 0.251 e. The van der Waals surface area contributed by atoms with Crippen molar-refractivity contribution >= 4 is 23.8 Å². The molecule has 7 heteroatoms. The summed E-state index contributed by atoms with van der Waals surface area (Å²) in [4.78, 5) is 28.8. The lowest BCUT2D eigenvalue weighted by Gasteiger charge is -2.24. The number of nitrogens with zero attached hydrogens (tertiary/aromatic N) is 1. The Hall–Kier alpha value is -2.54. The summed E-state index contributed by atoms with van der Waals surface area (Å²) < 4.78 is 0.207. The fraction of sp³-hybridized carbons (Fsp3) is 0.333. The molecule has 0 saturated heterocycles. The minimum absolute atomic E-state index is 0.0281. The van der Waals surface area contributed by atoms with Crippen molar-refractivity contribution in [2.75, 3.05) is 0 Å². The Morgan fingerprint density at radius 2 is 2.04 bits per heavy atom. The fourth-order valence-corrected chi connectivity index (χ4v) is 3.37. The molecular formula is C18H20N4O2S. The molecule has 3 rings (SSSR count). The molecule has 1 aliphatic carbocycles. The fourth-order valence-electron chi connectivity index (χ4n) is 3.13. The van der Waals surface area contributed by atoms with Gasteiger partial charge in [-0.25, -0.2) is 5.43 Å². The summed E-state index contributed by atoms with van der Waals surface area (Å²) in [5, 5.41) is 4.37. The number of nitrogens with one attached hydrogen (secondary N) is 3. The second-order valence-corrected chi connectivity index (χ2v) is 6.55. The van der Waals surface area contributed by atoms with E-state index < -0.39 is 0 Å². The summed E-state index contributed by atoms with van der Waals surface area (Å²) in [7, 11) is 0. The molecule has 6 nitrogen and oxygen atoms in total. The Kier molecular flexibility index (Phi) is 5.55. The van der Waals surface area contributed by atoms with Crippen molar-refractivity contribution in [3.8, 4) is 0 Å². The zero-order valence-electron chi connectivity index (χ0n) is 13.7. The van der Waals surface area contributed by atoms with E-state index >= 15 is 0 Å². The van der Waals surface area contributed by atoms with Crippen LogP contribution in [0.1, 0.15) is 42.9 Å². The van der Waals surface area contributed by atoms with E-state index in [1.807, 2.05) is 18.2 Å². The summed E-state index contributed by atoms with van der Waals surface area (Å²) in [6.45, 7) is 0. The minimum Gasteiger partial charge on any atom is -0.335 e. The van der Waals surface area contributed by atoms with Gasteiger partial charge in [0.2, 0.25) is 5.91 Å². The molecule has 25 heavy (non-hydrogen) atoms. The third kappa shape index (κ3) is 4.73. The lowest BCUT2D eigenvalue weighted by Crippen LogP contribution is -2.26. The molecule has 1 amide bonds. The van der Waals surface area contributed by atoms with E-state index in [1.165, 1.54) is 11.6 Å². The molecular weight excluding hydrogens is 336 g/mol. The van der Waals surface area contributed by atoms with Crippen LogP contribution >= 0.6 is 12.2 Å². The smallest absolute Gasteiger partial charge is 0.251 e. The molecule has 1 atom stereocenters. The summed E-state index contributed by atoms with van der Waals surface area (Å²) >= 11 is 4.91. The Labute approximate surface area is 150 Å². The maximum atomic E-state index is 12.1. The first-order valence-corrected chi connectivity index (χ1v) is 8.75. The largest absolute Gasteiger partial charge is 0.335 e. The highest BCUT2D eigenvalue weighted by atomic mass is 32.1. The van der Waals surface area contributed by atoms with Crippen molar-refractivity contribution in [3.05, 3.63) is 62.8 Å². The number of H-pyrrole nitrogens is 2. The molecule has 0 bridgehead atoms. The van der Waals surface area contributed by atoms with Gasteiger partial charge in [0.25, 0.3) is 5.56 Å². The second kappa shape index (κ2) is 8.02. The highest BCUT2D eigenvalue weighted by Gasteiger charge is 2.22. The zero-order valence-corrected chi connectivity index (χ0v) is 14.6. The molecule has 2 aromatic rings. The van der Waals surface area contributed by atoms with Gasteiger partial charge in [0.05, 0.1) is 6.42 Å². The Morgan fingerprint density at radius 1 is 1.24 bits per heavy atom. The van der Waals surface area contributed by atoms with E-state index in [9.17, 15) is 9.59 Å². The normalized spacial score (nSPS) is 18.9. The average Bonchev–Trinajstić information content (AvgIpc) is 2.60. The van der Waals surface area contributed by atoms with Gasteiger partial charge in [-0.05, 0) is 37.0 Å². The molecule has 1 aromatic heterocycles. The van der Waals surface area contributed by atoms with Crippen molar-refractivity contribution in [3.63, 3.8) is 0 Å². The van der Waals surface area contributed by atoms with E-state index in [2.05, 4.69) is 32.6 Å². The number of aromatic amines is 2. The van der Waals surface area contributed by atoms with E-state index in [1.54, 1.807) is 0 Å². The first-order valence-electron chi connectivity index (χ1n) is 8.34. The standard InChI is InChI=1S/C18H20N4O2S/c23-16-10-13(19-18(25)20-16)11-17(24)22-21-15-9-5-4-8-14(15)12-6-2-1-3-7-12/h1-3,6-7,10,14H,4-5,8-9,11H2,(H,22,24)(H2,19,20,23,25)/b21-15-/t14-/m1/s1. The second-order valence-electron chi connectivity index (χ2n) is 6.14. The van der Waals surface area contributed by atoms with Crippen LogP contribution in [0.5, 0.6) is 0 Å². The van der Waals surface area contributed by atoms with Gasteiger partial charge in [0.1, 0.15) is 0 Å². The predicted molar refractivity (Wildman–Crippen MR) is 99.2 cm³/mol. The van der Waals surface area contributed by atoms with Gasteiger partial charge in [0.15, 0.2) is 4.77 Å². The van der Waals surface area contributed by atoms with Crippen LogP contribution in [-0.4, -0.2) is 21.6 Å². The SMILES string of the molecule is O=C(Cc1cc(=O)[nH]c(=S)[nH]1)N/N=C1/CCCC[C@@H]1c1ccccc1. The van der Waals surface area contributed by atoms with Crippen LogP contribution in [0.15, 0.2) is 46.3 Å². The van der Waals surface area contributed by atoms with E-state index in [0.717, 1.165) is 31.4 Å². The van der Waals surface area contributed by atoms with Crippen molar-refractivity contribution in [2.45, 2.75) is 38.0 Å². The van der Waals surface area contributed by atoms with Crippen LogP contribution in [0.4, 0.5) is 0 Å². The van der Waals surface area contributed by atoms with Crippen molar-refractivity contribution in [2.24, 2.45) is 5.10 Å². The number of hydrazone groups is 1. The Morgan fingerprint density at radius 3 is 2.80 bits per heavy atom. The van der Waals surface area contributed by atoms with Crippen LogP contribution in [0.2, 0.25) is 0 Å². The molecule has 1 saturated carbocycles. The van der Waals surface area contributed by atoms with Gasteiger partial charge in [-0.15, -0.1) is 0 Å². The van der Waals surface area contributed by atoms with Gasteiger partial charge in [-0.1, -0.05) is 36.8 Å². The predicted octanol–water partition coefficient (Wildman–Crippen LogP) is 2.80. The first kappa shape index (κ1) is 17.3. The van der Waals surface area contributed by atoms with Crippen LogP contribution in [0, 0.1) is 4.77 Å². The summed E-state index contributed by atoms with van der Waals surface area (Å²) in [6, 6.07) is 11.6. The lowest BCUT2D eigenvalue weighted by atomic mass is 9.82. The van der Waals surface area contributed by atoms with Gasteiger partial charge in [-0.3, -0.25) is 14.6 Å². The Bertz CT molecular complexity index is 857. The molecule has 0 aliphatic heterocycles. The monoisotopic (exact) mass is 356 g/mol. The average molecular weight is 356 g/mol. The third-order valence-electron chi connectivity index (χ3n) is 4.27. The van der Waals surface area contributed by atoms with Crippen molar-refractivity contribution in [1.29, 1.82) is 0 Å². The molecule has 0 spiro atoms. The van der Waals surface area contributed by atoms with Crippen LogP contribution in [0.25, 0.3) is 0 Å². The highest BCUT2D eigenvalue weighted by Crippen LogP contribution is 2.30. The number of carbonyl (C=O) groups excluding carboxylic acids is 1. The van der Waals surface area contributed by atoms with E-state index in [-0.39, 0.29) is 28.6 Å². The number of hydrogen-bond acceptors (Lipinski definition) is 4. The van der Waals surface area contributed by atoms with Gasteiger partial charge < -0.3 is 4.98 Å². The summed E-state index contributed by atoms with van der Waals surface area (Å²) in [5.41, 5.74) is 5.00. The van der Waals surface area contributed by atoms with Gasteiger partial charge >= 0.3 is 0 Å². The number of benzene rings is 1. The molecule has 0 radical (unpaired) electrons. The quantitative estimate of drug-likeness (QED) is 0.581. The first-order chi connectivity index (χ1) is 12.1. The summed E-state index contributed by atoms with van der Waals surface area (Å²) in [6.07, 6.45) is 4.20. The molecule has 1 heterocycles. The third-order valence-corrected chi connectivity index (χ3v) is 4.48. The van der Waals surface area contributed by atoms with Crippen LogP contribution in [0.3, 0.4) is 0 Å². The zero-order chi connectivity index (χ0) is 17.6. The molecule has 1 aromatic carbocycles. The molecule has 3 N–H and O–H groups in total. The highest BCUT2D eigenvalue weighted by molar-refractivity contribution is 7.71. The molecule has 130 valence electrons. The number of aromatic nitrogens is 2. The number of carbonyl (C=O) groups is 1. The van der Waals surface area contributed by atoms with Crippen LogP contribution in [-0.2, 0) is 11.2 Å². The number of hydrogen-bond donors (Lipinski definition) is 3. The number of amides is 1. The van der Waals surface area contributed by atoms with E-state index in [4.69, 9.17) is 12.2 Å². The lowest BCUT2D eigenvalue weighted by molar-refractivity contribution is -0.120. The van der Waals surface area contributed by atoms with Crippen LogP contribution < -0.4 is 11.0 Å². The minimum atomic E-state index is -0.325. The number of rotatable bonds is 4. The molecule has 1 aliphatic rings. The topological polar surface area (TPSA) is 90.1 Å². The van der Waals surface area contributed by atoms with Crippen molar-refractivity contribution in [1.82, 2.24) is 15.4 Å². The summed E-state index contributed by atoms with van der Waals surface area (Å²) in [5.74, 6) is -0.0261. The Balaban J connectivity index is 1.69. The molecule has 0 unspecified atom stereocenters. The maximum absolute atomic E-state index is 12.1. The van der Waals surface area contributed by atoms with E-state index in [0.29, 0.717) is 5.69 Å².